The molecule has 1 aromatic carbocycles. The van der Waals surface area contributed by atoms with Crippen molar-refractivity contribution in [1.82, 2.24) is 0 Å². The fraction of sp³-hybridized carbons (Fsp3) is 0.500. The van der Waals surface area contributed by atoms with Crippen molar-refractivity contribution in [3.05, 3.63) is 29.8 Å². The second-order valence-electron chi connectivity index (χ2n) is 3.91. The van der Waals surface area contributed by atoms with Crippen LogP contribution in [0.25, 0.3) is 0 Å². The quantitative estimate of drug-likeness (QED) is 0.637. The van der Waals surface area contributed by atoms with Gasteiger partial charge in [0.2, 0.25) is 0 Å². The molecule has 0 aliphatic carbocycles. The monoisotopic (exact) mass is 175 g/mol. The van der Waals surface area contributed by atoms with E-state index in [4.69, 9.17) is 0 Å². The average Bonchev–Trinajstić information content (AvgIpc) is 2.14. The van der Waals surface area contributed by atoms with Crippen LogP contribution in [-0.4, -0.2) is 6.54 Å². The molecule has 1 nitrogen and oxygen atoms in total. The molecule has 0 bridgehead atoms. The highest BCUT2D eigenvalue weighted by molar-refractivity contribution is 5.52. The summed E-state index contributed by atoms with van der Waals surface area (Å²) in [4.78, 5) is 0. The second kappa shape index (κ2) is 3.82. The third-order valence-electron chi connectivity index (χ3n) is 2.87. The van der Waals surface area contributed by atoms with E-state index in [2.05, 4.69) is 36.5 Å². The first kappa shape index (κ1) is 8.61. The Kier molecular flexibility index (Phi) is 2.53. The molecule has 1 aliphatic heterocycles. The third-order valence-corrected chi connectivity index (χ3v) is 2.87. The van der Waals surface area contributed by atoms with Crippen LogP contribution in [0.2, 0.25) is 0 Å². The highest BCUT2D eigenvalue weighted by atomic mass is 14.9. The van der Waals surface area contributed by atoms with E-state index in [1.807, 2.05) is 0 Å². The molecule has 13 heavy (non-hydrogen) atoms. The predicted molar refractivity (Wildman–Crippen MR) is 57.2 cm³/mol. The van der Waals surface area contributed by atoms with Crippen molar-refractivity contribution in [2.45, 2.75) is 32.1 Å². The molecule has 70 valence electrons. The average molecular weight is 175 g/mol. The molecule has 1 heteroatoms. The minimum atomic E-state index is 0.712. The van der Waals surface area contributed by atoms with Crippen LogP contribution in [0, 0.1) is 0 Å². The topological polar surface area (TPSA) is 12.0 Å². The Labute approximate surface area is 80.2 Å². The summed E-state index contributed by atoms with van der Waals surface area (Å²) in [6.45, 7) is 3.45. The summed E-state index contributed by atoms with van der Waals surface area (Å²) in [5.74, 6) is 0.712. The molecule has 1 aromatic rings. The number of benzene rings is 1. The van der Waals surface area contributed by atoms with Crippen LogP contribution in [0.3, 0.4) is 0 Å². The van der Waals surface area contributed by atoms with Gasteiger partial charge in [-0.25, -0.2) is 0 Å². The molecule has 1 heterocycles. The van der Waals surface area contributed by atoms with Crippen molar-refractivity contribution < 1.29 is 0 Å². The fourth-order valence-electron chi connectivity index (χ4n) is 2.04. The standard InChI is InChI=1S/C12H17N/c1-10-6-4-5-9-13-12-8-3-2-7-11(10)12/h2-3,7-8,10,13H,4-6,9H2,1H3. The summed E-state index contributed by atoms with van der Waals surface area (Å²) >= 11 is 0. The van der Waals surface area contributed by atoms with Crippen molar-refractivity contribution in [1.29, 1.82) is 0 Å². The normalized spacial score (nSPS) is 22.4. The van der Waals surface area contributed by atoms with Gasteiger partial charge in [-0.15, -0.1) is 0 Å². The Bertz CT molecular complexity index is 280. The summed E-state index contributed by atoms with van der Waals surface area (Å²) in [5.41, 5.74) is 2.83. The van der Waals surface area contributed by atoms with E-state index in [9.17, 15) is 0 Å². The summed E-state index contributed by atoms with van der Waals surface area (Å²) in [6.07, 6.45) is 3.99. The molecule has 0 amide bonds. The molecule has 2 rings (SSSR count). The van der Waals surface area contributed by atoms with Gasteiger partial charge in [0, 0.05) is 12.2 Å². The van der Waals surface area contributed by atoms with Crippen LogP contribution >= 0.6 is 0 Å². The van der Waals surface area contributed by atoms with E-state index < -0.39 is 0 Å². The number of para-hydroxylation sites is 1. The Morgan fingerprint density at radius 2 is 2.08 bits per heavy atom. The Morgan fingerprint density at radius 1 is 1.23 bits per heavy atom. The van der Waals surface area contributed by atoms with Gasteiger partial charge < -0.3 is 5.32 Å². The van der Waals surface area contributed by atoms with Crippen LogP contribution in [0.5, 0.6) is 0 Å². The lowest BCUT2D eigenvalue weighted by Crippen LogP contribution is -2.09. The molecule has 0 radical (unpaired) electrons. The van der Waals surface area contributed by atoms with E-state index in [1.54, 1.807) is 0 Å². The van der Waals surface area contributed by atoms with Crippen molar-refractivity contribution in [2.24, 2.45) is 0 Å². The zero-order valence-corrected chi connectivity index (χ0v) is 8.22. The van der Waals surface area contributed by atoms with Gasteiger partial charge in [-0.05, 0) is 30.4 Å². The number of hydrogen-bond donors (Lipinski definition) is 1. The molecule has 1 N–H and O–H groups in total. The maximum atomic E-state index is 3.50. The first-order valence-corrected chi connectivity index (χ1v) is 5.21. The van der Waals surface area contributed by atoms with Crippen LogP contribution < -0.4 is 5.32 Å². The van der Waals surface area contributed by atoms with Crippen LogP contribution in [0.15, 0.2) is 24.3 Å². The zero-order valence-electron chi connectivity index (χ0n) is 8.22. The molecular weight excluding hydrogens is 158 g/mol. The first-order chi connectivity index (χ1) is 6.38. The van der Waals surface area contributed by atoms with E-state index in [0.29, 0.717) is 5.92 Å². The lowest BCUT2D eigenvalue weighted by Gasteiger charge is -2.20. The molecule has 1 aliphatic rings. The lowest BCUT2D eigenvalue weighted by atomic mass is 9.92. The van der Waals surface area contributed by atoms with Crippen molar-refractivity contribution in [2.75, 3.05) is 11.9 Å². The summed E-state index contributed by atoms with van der Waals surface area (Å²) in [7, 11) is 0. The van der Waals surface area contributed by atoms with Gasteiger partial charge in [0.15, 0.2) is 0 Å². The van der Waals surface area contributed by atoms with Gasteiger partial charge in [0.25, 0.3) is 0 Å². The van der Waals surface area contributed by atoms with Gasteiger partial charge >= 0.3 is 0 Å². The first-order valence-electron chi connectivity index (χ1n) is 5.21. The van der Waals surface area contributed by atoms with Crippen LogP contribution in [0.1, 0.15) is 37.7 Å². The highest BCUT2D eigenvalue weighted by Gasteiger charge is 2.11. The molecular formula is C12H17N. The SMILES string of the molecule is CC1CCCCNc2ccccc21. The number of hydrogen-bond acceptors (Lipinski definition) is 1. The van der Waals surface area contributed by atoms with Crippen molar-refractivity contribution in [3.8, 4) is 0 Å². The fourth-order valence-corrected chi connectivity index (χ4v) is 2.04. The molecule has 1 unspecified atom stereocenters. The van der Waals surface area contributed by atoms with E-state index in [1.165, 1.54) is 30.5 Å². The molecule has 0 spiro atoms. The third kappa shape index (κ3) is 1.85. The lowest BCUT2D eigenvalue weighted by molar-refractivity contribution is 0.605. The Hall–Kier alpha value is -0.980. The number of rotatable bonds is 0. The summed E-state index contributed by atoms with van der Waals surface area (Å²) in [6, 6.07) is 8.69. The van der Waals surface area contributed by atoms with Gasteiger partial charge in [-0.2, -0.15) is 0 Å². The highest BCUT2D eigenvalue weighted by Crippen LogP contribution is 2.29. The number of anilines is 1. The maximum absolute atomic E-state index is 3.50. The Balaban J connectivity index is 2.31. The number of fused-ring (bicyclic) bond motifs is 1. The summed E-state index contributed by atoms with van der Waals surface area (Å²) in [5, 5.41) is 3.50. The molecule has 1 atom stereocenters. The zero-order chi connectivity index (χ0) is 9.10. The number of nitrogens with one attached hydrogen (secondary N) is 1. The van der Waals surface area contributed by atoms with Gasteiger partial charge in [-0.3, -0.25) is 0 Å². The van der Waals surface area contributed by atoms with Crippen molar-refractivity contribution in [3.63, 3.8) is 0 Å². The van der Waals surface area contributed by atoms with E-state index in [0.717, 1.165) is 6.54 Å². The molecule has 0 fully saturated rings. The predicted octanol–water partition coefficient (Wildman–Crippen LogP) is 3.39. The van der Waals surface area contributed by atoms with Crippen molar-refractivity contribution >= 4 is 5.69 Å². The van der Waals surface area contributed by atoms with Gasteiger partial charge in [0.1, 0.15) is 0 Å². The smallest absolute Gasteiger partial charge is 0.0375 e. The van der Waals surface area contributed by atoms with Crippen LogP contribution in [-0.2, 0) is 0 Å². The largest absolute Gasteiger partial charge is 0.385 e. The molecule has 0 saturated carbocycles. The van der Waals surface area contributed by atoms with Gasteiger partial charge in [0.05, 0.1) is 0 Å². The molecule has 0 saturated heterocycles. The minimum Gasteiger partial charge on any atom is -0.385 e. The van der Waals surface area contributed by atoms with E-state index in [-0.39, 0.29) is 0 Å². The van der Waals surface area contributed by atoms with E-state index >= 15 is 0 Å². The van der Waals surface area contributed by atoms with Gasteiger partial charge in [-0.1, -0.05) is 31.5 Å². The molecule has 0 aromatic heterocycles. The summed E-state index contributed by atoms with van der Waals surface area (Å²) < 4.78 is 0. The Morgan fingerprint density at radius 3 is 3.00 bits per heavy atom. The van der Waals surface area contributed by atoms with Crippen LogP contribution in [0.4, 0.5) is 5.69 Å². The minimum absolute atomic E-state index is 0.712. The second-order valence-corrected chi connectivity index (χ2v) is 3.91. The maximum Gasteiger partial charge on any atom is 0.0375 e.